The summed E-state index contributed by atoms with van der Waals surface area (Å²) < 4.78 is 63.2. The van der Waals surface area contributed by atoms with E-state index in [0.717, 1.165) is 62.1 Å². The van der Waals surface area contributed by atoms with E-state index in [1.807, 2.05) is 6.92 Å². The molecule has 276 valence electrons. The third-order valence-electron chi connectivity index (χ3n) is 10.2. The van der Waals surface area contributed by atoms with Gasteiger partial charge in [-0.15, -0.1) is 11.3 Å². The fraction of sp³-hybridized carbons (Fsp3) is 0.250. The molecule has 2 fully saturated rings. The Hall–Kier alpha value is -5.60. The van der Waals surface area contributed by atoms with Crippen LogP contribution in [0.1, 0.15) is 54.4 Å². The molecular weight excluding hydrogens is 723 g/mol. The van der Waals surface area contributed by atoms with E-state index in [-0.39, 0.29) is 34.5 Å². The van der Waals surface area contributed by atoms with E-state index < -0.39 is 46.7 Å². The van der Waals surface area contributed by atoms with Gasteiger partial charge in [0.15, 0.2) is 11.6 Å². The molecule has 14 heteroatoms. The van der Waals surface area contributed by atoms with Crippen molar-refractivity contribution in [1.29, 1.82) is 0 Å². The van der Waals surface area contributed by atoms with Gasteiger partial charge in [-0.25, -0.2) is 22.5 Å². The predicted molar refractivity (Wildman–Crippen MR) is 197 cm³/mol. The van der Waals surface area contributed by atoms with Crippen LogP contribution in [0.25, 0.3) is 10.4 Å². The summed E-state index contributed by atoms with van der Waals surface area (Å²) >= 11 is 1.07. The number of carbonyl (C=O) groups is 3. The lowest BCUT2D eigenvalue weighted by molar-refractivity contribution is -0.000511. The van der Waals surface area contributed by atoms with Gasteiger partial charge in [-0.1, -0.05) is 18.2 Å². The predicted octanol–water partition coefficient (Wildman–Crippen LogP) is 8.00. The van der Waals surface area contributed by atoms with Crippen molar-refractivity contribution in [3.8, 4) is 10.4 Å². The maximum absolute atomic E-state index is 15.8. The minimum Gasteiger partial charge on any atom is -0.381 e. The highest BCUT2D eigenvalue weighted by atomic mass is 32.1. The third-order valence-corrected chi connectivity index (χ3v) is 11.4. The van der Waals surface area contributed by atoms with Crippen LogP contribution in [0.5, 0.6) is 0 Å². The number of halogens is 4. The molecule has 5 aromatic rings. The smallest absolute Gasteiger partial charge is 0.265 e. The Morgan fingerprint density at radius 1 is 0.852 bits per heavy atom. The number of ether oxygens (including phenoxy) is 1. The van der Waals surface area contributed by atoms with Crippen molar-refractivity contribution < 1.29 is 36.7 Å². The average Bonchev–Trinajstić information content (AvgIpc) is 3.50. The van der Waals surface area contributed by atoms with Gasteiger partial charge < -0.3 is 25.2 Å². The third kappa shape index (κ3) is 6.60. The van der Waals surface area contributed by atoms with E-state index in [2.05, 4.69) is 20.5 Å². The Morgan fingerprint density at radius 3 is 2.33 bits per heavy atom. The minimum atomic E-state index is -1.25. The quantitative estimate of drug-likeness (QED) is 0.170. The fourth-order valence-electron chi connectivity index (χ4n) is 7.38. The number of benzene rings is 3. The SMILES string of the molecule is Cc1cnc(N2CC3(CCOCC3)C2)c(C(=O)Nc2ccc(C(=O)N3CCc4cc(C(=O)Nc5c(F)cc(F)cc5F)sc4-c4ccccc43)c(F)c2)c1. The van der Waals surface area contributed by atoms with Crippen molar-refractivity contribution in [3.05, 3.63) is 123 Å². The van der Waals surface area contributed by atoms with Crippen LogP contribution >= 0.6 is 11.3 Å². The number of nitrogens with one attached hydrogen (secondary N) is 2. The summed E-state index contributed by atoms with van der Waals surface area (Å²) in [4.78, 5) is 49.5. The van der Waals surface area contributed by atoms with Crippen LogP contribution in [0.3, 0.4) is 0 Å². The zero-order valence-corrected chi connectivity index (χ0v) is 29.8. The molecule has 0 bridgehead atoms. The zero-order valence-electron chi connectivity index (χ0n) is 29.0. The molecule has 1 spiro atoms. The molecule has 8 rings (SSSR count). The minimum absolute atomic E-state index is 0.133. The Morgan fingerprint density at radius 2 is 1.59 bits per heavy atom. The number of anilines is 4. The van der Waals surface area contributed by atoms with Crippen molar-refractivity contribution in [2.45, 2.75) is 26.2 Å². The highest BCUT2D eigenvalue weighted by Gasteiger charge is 2.45. The Balaban J connectivity index is 0.996. The number of amides is 3. The fourth-order valence-corrected chi connectivity index (χ4v) is 8.52. The largest absolute Gasteiger partial charge is 0.381 e. The topological polar surface area (TPSA) is 104 Å². The monoisotopic (exact) mass is 755 g/mol. The number of carbonyl (C=O) groups excluding carboxylic acids is 3. The van der Waals surface area contributed by atoms with Crippen LogP contribution in [0.15, 0.2) is 72.9 Å². The number of rotatable bonds is 6. The molecule has 0 atom stereocenters. The van der Waals surface area contributed by atoms with Crippen molar-refractivity contribution in [2.24, 2.45) is 5.41 Å². The number of pyridine rings is 1. The lowest BCUT2D eigenvalue weighted by Crippen LogP contribution is -2.59. The molecule has 2 saturated heterocycles. The normalized spacial score (nSPS) is 15.9. The number of nitrogens with zero attached hydrogens (tertiary/aromatic N) is 3. The molecule has 5 heterocycles. The molecule has 0 aliphatic carbocycles. The Bertz CT molecular complexity index is 2310. The molecular formula is C40H33F4N5O4S. The van der Waals surface area contributed by atoms with Gasteiger partial charge in [0.05, 0.1) is 21.7 Å². The van der Waals surface area contributed by atoms with E-state index in [1.54, 1.807) is 42.6 Å². The van der Waals surface area contributed by atoms with E-state index in [9.17, 15) is 27.6 Å². The number of hydrogen-bond donors (Lipinski definition) is 2. The van der Waals surface area contributed by atoms with E-state index in [4.69, 9.17) is 4.74 Å². The first kappa shape index (κ1) is 35.4. The van der Waals surface area contributed by atoms with Gasteiger partial charge in [0.1, 0.15) is 23.1 Å². The van der Waals surface area contributed by atoms with E-state index in [0.29, 0.717) is 45.2 Å². The summed E-state index contributed by atoms with van der Waals surface area (Å²) in [5.74, 6) is -5.68. The highest BCUT2D eigenvalue weighted by Crippen LogP contribution is 2.44. The summed E-state index contributed by atoms with van der Waals surface area (Å²) in [6.07, 6.45) is 3.93. The van der Waals surface area contributed by atoms with Crippen LogP contribution in [-0.4, -0.2) is 55.6 Å². The Labute approximate surface area is 311 Å². The van der Waals surface area contributed by atoms with Crippen molar-refractivity contribution in [1.82, 2.24) is 4.98 Å². The highest BCUT2D eigenvalue weighted by molar-refractivity contribution is 7.17. The second-order valence-corrected chi connectivity index (χ2v) is 14.9. The molecule has 3 aliphatic rings. The standard InChI is InChI=1S/C40H33F4N5O4S/c1-22-14-28(36(45-19-22)48-20-40(21-48)9-12-53-13-10-40)37(50)46-25-6-7-26(29(42)18-25)39(52)49-11-8-23-15-33(54-35(23)27-4-2-3-5-32(27)49)38(51)47-34-30(43)16-24(41)17-31(34)44/h2-7,14-19H,8-13,20-21H2,1H3,(H,46,50)(H,47,51). The molecule has 0 saturated carbocycles. The molecule has 0 unspecified atom stereocenters. The van der Waals surface area contributed by atoms with Crippen LogP contribution in [0.2, 0.25) is 0 Å². The number of aromatic nitrogens is 1. The van der Waals surface area contributed by atoms with Gasteiger partial charge in [-0.2, -0.15) is 0 Å². The van der Waals surface area contributed by atoms with Gasteiger partial charge in [-0.3, -0.25) is 14.4 Å². The number of thiophene rings is 1. The summed E-state index contributed by atoms with van der Waals surface area (Å²) in [5, 5.41) is 4.97. The second kappa shape index (κ2) is 14.0. The Kier molecular flexibility index (Phi) is 9.18. The molecule has 0 radical (unpaired) electrons. The lowest BCUT2D eigenvalue weighted by Gasteiger charge is -2.53. The van der Waals surface area contributed by atoms with Gasteiger partial charge >= 0.3 is 0 Å². The van der Waals surface area contributed by atoms with Crippen LogP contribution in [0, 0.1) is 35.6 Å². The molecule has 3 aromatic carbocycles. The first-order chi connectivity index (χ1) is 26.0. The molecule has 2 aromatic heterocycles. The maximum Gasteiger partial charge on any atom is 0.265 e. The first-order valence-electron chi connectivity index (χ1n) is 17.4. The van der Waals surface area contributed by atoms with Gasteiger partial charge in [-0.05, 0) is 73.7 Å². The summed E-state index contributed by atoms with van der Waals surface area (Å²) in [6, 6.07) is 15.2. The number of para-hydroxylation sites is 1. The maximum atomic E-state index is 15.8. The number of fused-ring (bicyclic) bond motifs is 3. The van der Waals surface area contributed by atoms with E-state index >= 15 is 4.39 Å². The molecule has 54 heavy (non-hydrogen) atoms. The first-order valence-corrected chi connectivity index (χ1v) is 18.2. The van der Waals surface area contributed by atoms with Crippen LogP contribution in [0.4, 0.5) is 40.4 Å². The average molecular weight is 756 g/mol. The van der Waals surface area contributed by atoms with Crippen molar-refractivity contribution in [2.75, 3.05) is 53.3 Å². The summed E-state index contributed by atoms with van der Waals surface area (Å²) in [6.45, 7) is 4.99. The summed E-state index contributed by atoms with van der Waals surface area (Å²) in [7, 11) is 0. The lowest BCUT2D eigenvalue weighted by atomic mass is 9.73. The van der Waals surface area contributed by atoms with Crippen molar-refractivity contribution >= 4 is 51.9 Å². The molecule has 3 aliphatic heterocycles. The van der Waals surface area contributed by atoms with Gasteiger partial charge in [0.2, 0.25) is 0 Å². The molecule has 3 amide bonds. The molecule has 2 N–H and O–H groups in total. The zero-order chi connectivity index (χ0) is 37.7. The second-order valence-electron chi connectivity index (χ2n) is 13.9. The van der Waals surface area contributed by atoms with Crippen LogP contribution in [-0.2, 0) is 11.2 Å². The van der Waals surface area contributed by atoms with Gasteiger partial charge in [0, 0.05) is 72.7 Å². The number of aryl methyl sites for hydroxylation is 1. The molecule has 9 nitrogen and oxygen atoms in total. The number of hydrogen-bond acceptors (Lipinski definition) is 7. The van der Waals surface area contributed by atoms with Crippen LogP contribution < -0.4 is 20.4 Å². The van der Waals surface area contributed by atoms with E-state index in [1.165, 1.54) is 17.0 Å². The van der Waals surface area contributed by atoms with Gasteiger partial charge in [0.25, 0.3) is 17.7 Å². The summed E-state index contributed by atoms with van der Waals surface area (Å²) in [5.41, 5.74) is 2.36. The van der Waals surface area contributed by atoms with Crippen molar-refractivity contribution in [3.63, 3.8) is 0 Å².